The number of hydrogen-bond acceptors (Lipinski definition) is 4. The highest BCUT2D eigenvalue weighted by Gasteiger charge is 2.20. The molecule has 0 spiro atoms. The van der Waals surface area contributed by atoms with E-state index in [1.165, 1.54) is 5.56 Å². The van der Waals surface area contributed by atoms with Crippen molar-refractivity contribution in [2.75, 3.05) is 24.5 Å². The fourth-order valence-electron chi connectivity index (χ4n) is 3.03. The van der Waals surface area contributed by atoms with E-state index < -0.39 is 0 Å². The van der Waals surface area contributed by atoms with E-state index in [-0.39, 0.29) is 5.56 Å². The summed E-state index contributed by atoms with van der Waals surface area (Å²) in [6.45, 7) is 4.91. The number of anilines is 1. The predicted molar refractivity (Wildman–Crippen MR) is 93.0 cm³/mol. The molecule has 3 rings (SSSR count). The van der Waals surface area contributed by atoms with Gasteiger partial charge in [-0.1, -0.05) is 30.3 Å². The Kier molecular flexibility index (Phi) is 4.76. The molecule has 1 aromatic carbocycles. The highest BCUT2D eigenvalue weighted by molar-refractivity contribution is 5.40. The van der Waals surface area contributed by atoms with Crippen LogP contribution in [0.4, 0.5) is 5.82 Å². The number of nitrogens with zero attached hydrogens (tertiary/aromatic N) is 3. The normalized spacial score (nSPS) is 18.2. The minimum atomic E-state index is 0.0174. The summed E-state index contributed by atoms with van der Waals surface area (Å²) in [4.78, 5) is 19.3. The number of hydrogen-bond donors (Lipinski definition) is 1. The smallest absolute Gasteiger partial charge is 0.255 e. The number of piperazine rings is 1. The van der Waals surface area contributed by atoms with E-state index in [4.69, 9.17) is 4.98 Å². The van der Waals surface area contributed by atoms with Gasteiger partial charge in [0.2, 0.25) is 0 Å². The van der Waals surface area contributed by atoms with Crippen molar-refractivity contribution in [2.45, 2.75) is 25.8 Å². The number of benzene rings is 1. The molecule has 1 saturated heterocycles. The third-order valence-corrected chi connectivity index (χ3v) is 4.49. The molecule has 0 radical (unpaired) electrons. The fraction of sp³-hybridized carbons (Fsp3) is 0.444. The quantitative estimate of drug-likeness (QED) is 0.926. The van der Waals surface area contributed by atoms with Gasteiger partial charge in [0.25, 0.3) is 5.56 Å². The van der Waals surface area contributed by atoms with Crippen LogP contribution in [0.2, 0.25) is 0 Å². The molecule has 2 aromatic rings. The molecule has 1 aromatic heterocycles. The molecule has 1 fully saturated rings. The largest absolute Gasteiger partial charge is 0.351 e. The Morgan fingerprint density at radius 2 is 2.04 bits per heavy atom. The molecular weight excluding hydrogens is 288 g/mol. The molecule has 0 bridgehead atoms. The van der Waals surface area contributed by atoms with Crippen LogP contribution in [0.25, 0.3) is 0 Å². The first-order valence-electron chi connectivity index (χ1n) is 8.23. The van der Waals surface area contributed by atoms with Crippen LogP contribution in [0.15, 0.2) is 41.2 Å². The van der Waals surface area contributed by atoms with Crippen LogP contribution in [0.3, 0.4) is 0 Å². The van der Waals surface area contributed by atoms with Crippen LogP contribution < -0.4 is 15.8 Å². The minimum Gasteiger partial charge on any atom is -0.351 e. The van der Waals surface area contributed by atoms with Gasteiger partial charge in [0.1, 0.15) is 11.6 Å². The van der Waals surface area contributed by atoms with Gasteiger partial charge in [-0.15, -0.1) is 0 Å². The Morgan fingerprint density at radius 3 is 2.78 bits per heavy atom. The molecule has 1 atom stereocenters. The molecule has 0 saturated carbocycles. The average Bonchev–Trinajstić information content (AvgIpc) is 2.57. The van der Waals surface area contributed by atoms with E-state index in [0.717, 1.165) is 44.1 Å². The summed E-state index contributed by atoms with van der Waals surface area (Å²) in [5.74, 6) is 1.66. The lowest BCUT2D eigenvalue weighted by molar-refractivity contribution is 0.495. The summed E-state index contributed by atoms with van der Waals surface area (Å²) >= 11 is 0. The Labute approximate surface area is 137 Å². The van der Waals surface area contributed by atoms with E-state index in [2.05, 4.69) is 29.3 Å². The molecule has 23 heavy (non-hydrogen) atoms. The second-order valence-corrected chi connectivity index (χ2v) is 6.16. The Balaban J connectivity index is 1.83. The van der Waals surface area contributed by atoms with Crippen LogP contribution in [-0.4, -0.2) is 35.2 Å². The molecule has 5 heteroatoms. The summed E-state index contributed by atoms with van der Waals surface area (Å²) in [6, 6.07) is 12.3. The maximum atomic E-state index is 12.3. The monoisotopic (exact) mass is 312 g/mol. The van der Waals surface area contributed by atoms with Gasteiger partial charge in [0.15, 0.2) is 0 Å². The van der Waals surface area contributed by atoms with Crippen LogP contribution in [0, 0.1) is 0 Å². The zero-order chi connectivity index (χ0) is 16.2. The Morgan fingerprint density at radius 1 is 1.26 bits per heavy atom. The van der Waals surface area contributed by atoms with Gasteiger partial charge >= 0.3 is 0 Å². The first-order valence-corrected chi connectivity index (χ1v) is 8.23. The van der Waals surface area contributed by atoms with Gasteiger partial charge in [-0.05, 0) is 18.9 Å². The number of rotatable bonds is 4. The SMILES string of the molecule is C[C@@H]1CNCCN1c1cc(=O)n(C)c(CCc2ccccc2)n1. The van der Waals surface area contributed by atoms with E-state index >= 15 is 0 Å². The molecule has 1 N–H and O–H groups in total. The third-order valence-electron chi connectivity index (χ3n) is 4.49. The number of aryl methyl sites for hydroxylation is 2. The van der Waals surface area contributed by atoms with Crippen molar-refractivity contribution < 1.29 is 0 Å². The fourth-order valence-corrected chi connectivity index (χ4v) is 3.03. The Hall–Kier alpha value is -2.14. The van der Waals surface area contributed by atoms with Gasteiger partial charge in [-0.25, -0.2) is 4.98 Å². The minimum absolute atomic E-state index is 0.0174. The van der Waals surface area contributed by atoms with Crippen LogP contribution >= 0.6 is 0 Å². The summed E-state index contributed by atoms with van der Waals surface area (Å²) in [6.07, 6.45) is 1.66. The zero-order valence-electron chi connectivity index (χ0n) is 13.8. The van der Waals surface area contributed by atoms with Gasteiger partial charge in [0, 0.05) is 45.2 Å². The van der Waals surface area contributed by atoms with E-state index in [1.54, 1.807) is 17.7 Å². The molecule has 2 heterocycles. The molecule has 5 nitrogen and oxygen atoms in total. The molecule has 1 aliphatic rings. The first-order chi connectivity index (χ1) is 11.1. The van der Waals surface area contributed by atoms with Crippen molar-refractivity contribution in [3.8, 4) is 0 Å². The van der Waals surface area contributed by atoms with Gasteiger partial charge in [-0.2, -0.15) is 0 Å². The van der Waals surface area contributed by atoms with Crippen molar-refractivity contribution in [3.63, 3.8) is 0 Å². The lowest BCUT2D eigenvalue weighted by Gasteiger charge is -2.35. The standard InChI is InChI=1S/C18H24N4O/c1-14-13-19-10-11-22(14)17-12-18(23)21(2)16(20-17)9-8-15-6-4-3-5-7-15/h3-7,12,14,19H,8-11,13H2,1-2H3/t14-/m1/s1. The first kappa shape index (κ1) is 15.7. The molecule has 122 valence electrons. The number of aromatic nitrogens is 2. The highest BCUT2D eigenvalue weighted by atomic mass is 16.1. The van der Waals surface area contributed by atoms with E-state index in [0.29, 0.717) is 6.04 Å². The Bertz CT molecular complexity index is 711. The molecule has 1 aliphatic heterocycles. The van der Waals surface area contributed by atoms with Gasteiger partial charge < -0.3 is 10.2 Å². The average molecular weight is 312 g/mol. The molecule has 0 unspecified atom stereocenters. The third kappa shape index (κ3) is 3.62. The van der Waals surface area contributed by atoms with E-state index in [1.807, 2.05) is 18.2 Å². The van der Waals surface area contributed by atoms with Crippen LogP contribution in [0.5, 0.6) is 0 Å². The second-order valence-electron chi connectivity index (χ2n) is 6.16. The zero-order valence-corrected chi connectivity index (χ0v) is 13.8. The van der Waals surface area contributed by atoms with Crippen molar-refractivity contribution in [1.82, 2.24) is 14.9 Å². The lowest BCUT2D eigenvalue weighted by Crippen LogP contribution is -2.50. The van der Waals surface area contributed by atoms with Crippen molar-refractivity contribution in [2.24, 2.45) is 7.05 Å². The summed E-state index contributed by atoms with van der Waals surface area (Å²) in [7, 11) is 1.81. The van der Waals surface area contributed by atoms with Crippen molar-refractivity contribution >= 4 is 5.82 Å². The maximum Gasteiger partial charge on any atom is 0.255 e. The van der Waals surface area contributed by atoms with E-state index in [9.17, 15) is 4.79 Å². The molecule has 0 amide bonds. The predicted octanol–water partition coefficient (Wildman–Crippen LogP) is 1.36. The van der Waals surface area contributed by atoms with Crippen molar-refractivity contribution in [3.05, 3.63) is 58.1 Å². The van der Waals surface area contributed by atoms with Crippen molar-refractivity contribution in [1.29, 1.82) is 0 Å². The maximum absolute atomic E-state index is 12.3. The summed E-state index contributed by atoms with van der Waals surface area (Å²) < 4.78 is 1.67. The highest BCUT2D eigenvalue weighted by Crippen LogP contribution is 2.15. The van der Waals surface area contributed by atoms with Crippen LogP contribution in [0.1, 0.15) is 18.3 Å². The lowest BCUT2D eigenvalue weighted by atomic mass is 10.1. The summed E-state index contributed by atoms with van der Waals surface area (Å²) in [5, 5.41) is 3.37. The number of nitrogens with one attached hydrogen (secondary N) is 1. The topological polar surface area (TPSA) is 50.2 Å². The second kappa shape index (κ2) is 6.96. The molecular formula is C18H24N4O. The summed E-state index contributed by atoms with van der Waals surface area (Å²) in [5.41, 5.74) is 1.28. The van der Waals surface area contributed by atoms with Gasteiger partial charge in [-0.3, -0.25) is 9.36 Å². The van der Waals surface area contributed by atoms with Gasteiger partial charge in [0.05, 0.1) is 0 Å². The molecule has 0 aliphatic carbocycles. The van der Waals surface area contributed by atoms with Crippen LogP contribution in [-0.2, 0) is 19.9 Å².